The Morgan fingerprint density at radius 2 is 2.14 bits per heavy atom. The first-order valence-corrected chi connectivity index (χ1v) is 9.51. The molecule has 0 aliphatic rings. The van der Waals surface area contributed by atoms with Crippen LogP contribution in [0, 0.1) is 6.92 Å². The Kier molecular flexibility index (Phi) is 5.37. The summed E-state index contributed by atoms with van der Waals surface area (Å²) in [4.78, 5) is 4.18. The number of halogens is 1. The number of benzene rings is 1. The van der Waals surface area contributed by atoms with Gasteiger partial charge in [-0.15, -0.1) is 11.3 Å². The topological polar surface area (TPSA) is 71.1 Å². The van der Waals surface area contributed by atoms with Crippen molar-refractivity contribution in [1.29, 1.82) is 0 Å². The lowest BCUT2D eigenvalue weighted by Gasteiger charge is -2.12. The van der Waals surface area contributed by atoms with Crippen molar-refractivity contribution in [2.45, 2.75) is 25.3 Å². The van der Waals surface area contributed by atoms with Gasteiger partial charge in [0.15, 0.2) is 5.13 Å². The maximum absolute atomic E-state index is 12.5. The third kappa shape index (κ3) is 4.03. The summed E-state index contributed by atoms with van der Waals surface area (Å²) < 4.78 is 28.1. The molecule has 2 rings (SSSR count). The first kappa shape index (κ1) is 16.4. The van der Waals surface area contributed by atoms with Gasteiger partial charge in [-0.2, -0.15) is 0 Å². The first-order chi connectivity index (χ1) is 9.94. The van der Waals surface area contributed by atoms with Gasteiger partial charge in [0.05, 0.1) is 0 Å². The van der Waals surface area contributed by atoms with Crippen molar-refractivity contribution in [2.75, 3.05) is 11.3 Å². The number of aromatic nitrogens is 1. The van der Waals surface area contributed by atoms with Crippen molar-refractivity contribution >= 4 is 42.4 Å². The van der Waals surface area contributed by atoms with Crippen molar-refractivity contribution in [1.82, 2.24) is 10.3 Å². The molecule has 2 N–H and O–H groups in total. The van der Waals surface area contributed by atoms with E-state index in [1.807, 2.05) is 19.9 Å². The van der Waals surface area contributed by atoms with E-state index in [2.05, 4.69) is 31.0 Å². The van der Waals surface area contributed by atoms with Gasteiger partial charge in [0.1, 0.15) is 4.90 Å². The standard InChI is InChI=1S/C13H16BrN3O2S2/c1-3-15-8-10-6-9(2)12(14)11(7-10)21(18,19)17-13-16-4-5-20-13/h4-7,15H,3,8H2,1-2H3,(H,16,17). The summed E-state index contributed by atoms with van der Waals surface area (Å²) in [6, 6.07) is 3.64. The summed E-state index contributed by atoms with van der Waals surface area (Å²) in [5.41, 5.74) is 1.81. The van der Waals surface area contributed by atoms with Crippen LogP contribution in [0.4, 0.5) is 5.13 Å². The van der Waals surface area contributed by atoms with Crippen LogP contribution >= 0.6 is 27.3 Å². The third-order valence-electron chi connectivity index (χ3n) is 2.80. The van der Waals surface area contributed by atoms with Crippen LogP contribution in [0.15, 0.2) is 33.1 Å². The lowest BCUT2D eigenvalue weighted by atomic mass is 10.1. The molecular formula is C13H16BrN3O2S2. The summed E-state index contributed by atoms with van der Waals surface area (Å²) in [6.07, 6.45) is 1.56. The largest absolute Gasteiger partial charge is 0.313 e. The lowest BCUT2D eigenvalue weighted by molar-refractivity contribution is 0.600. The molecule has 0 atom stereocenters. The van der Waals surface area contributed by atoms with Gasteiger partial charge in [-0.1, -0.05) is 13.0 Å². The monoisotopic (exact) mass is 389 g/mol. The van der Waals surface area contributed by atoms with Gasteiger partial charge in [0.2, 0.25) is 0 Å². The van der Waals surface area contributed by atoms with Crippen LogP contribution in [0.1, 0.15) is 18.1 Å². The maximum Gasteiger partial charge on any atom is 0.264 e. The average Bonchev–Trinajstić information content (AvgIpc) is 2.91. The zero-order valence-corrected chi connectivity index (χ0v) is 14.9. The molecule has 0 saturated heterocycles. The van der Waals surface area contributed by atoms with Gasteiger partial charge >= 0.3 is 0 Å². The Hall–Kier alpha value is -0.960. The van der Waals surface area contributed by atoms with Crippen LogP contribution in [-0.4, -0.2) is 19.9 Å². The Morgan fingerprint density at radius 1 is 1.38 bits per heavy atom. The van der Waals surface area contributed by atoms with E-state index < -0.39 is 10.0 Å². The summed E-state index contributed by atoms with van der Waals surface area (Å²) in [7, 11) is -3.66. The molecule has 0 bridgehead atoms. The molecule has 0 spiro atoms. The predicted molar refractivity (Wildman–Crippen MR) is 89.2 cm³/mol. The molecule has 1 aromatic carbocycles. The number of anilines is 1. The smallest absolute Gasteiger partial charge is 0.264 e. The molecule has 5 nitrogen and oxygen atoms in total. The second-order valence-corrected chi connectivity index (χ2v) is 7.79. The van der Waals surface area contributed by atoms with Crippen LogP contribution in [0.2, 0.25) is 0 Å². The molecule has 0 amide bonds. The molecule has 0 saturated carbocycles. The molecule has 1 heterocycles. The minimum atomic E-state index is -3.66. The maximum atomic E-state index is 12.5. The highest BCUT2D eigenvalue weighted by molar-refractivity contribution is 9.10. The molecular weight excluding hydrogens is 374 g/mol. The molecule has 0 fully saturated rings. The fourth-order valence-electron chi connectivity index (χ4n) is 1.82. The zero-order chi connectivity index (χ0) is 15.5. The van der Waals surface area contributed by atoms with Crippen molar-refractivity contribution in [3.8, 4) is 0 Å². The molecule has 1 aromatic heterocycles. The van der Waals surface area contributed by atoms with Crippen LogP contribution in [0.3, 0.4) is 0 Å². The molecule has 8 heteroatoms. The second-order valence-electron chi connectivity index (χ2n) is 4.45. The van der Waals surface area contributed by atoms with Gasteiger partial charge in [0.25, 0.3) is 10.0 Å². The van der Waals surface area contributed by atoms with E-state index in [4.69, 9.17) is 0 Å². The highest BCUT2D eigenvalue weighted by Gasteiger charge is 2.21. The second kappa shape index (κ2) is 6.87. The zero-order valence-electron chi connectivity index (χ0n) is 11.7. The Balaban J connectivity index is 2.39. The van der Waals surface area contributed by atoms with Crippen LogP contribution in [0.25, 0.3) is 0 Å². The number of sulfonamides is 1. The molecule has 0 radical (unpaired) electrons. The quantitative estimate of drug-likeness (QED) is 0.795. The number of nitrogens with zero attached hydrogens (tertiary/aromatic N) is 1. The van der Waals surface area contributed by atoms with Crippen LogP contribution < -0.4 is 10.0 Å². The Labute approximate surface area is 137 Å². The van der Waals surface area contributed by atoms with E-state index in [0.29, 0.717) is 16.1 Å². The molecule has 0 aliphatic heterocycles. The number of hydrogen-bond acceptors (Lipinski definition) is 5. The molecule has 2 aromatic rings. The normalized spacial score (nSPS) is 11.6. The van der Waals surface area contributed by atoms with E-state index in [9.17, 15) is 8.42 Å². The molecule has 0 unspecified atom stereocenters. The van der Waals surface area contributed by atoms with Gasteiger partial charge in [-0.25, -0.2) is 13.4 Å². The summed E-state index contributed by atoms with van der Waals surface area (Å²) >= 11 is 4.61. The van der Waals surface area contributed by atoms with Crippen LogP contribution in [-0.2, 0) is 16.6 Å². The molecule has 21 heavy (non-hydrogen) atoms. The highest BCUT2D eigenvalue weighted by Crippen LogP contribution is 2.29. The number of aryl methyl sites for hydroxylation is 1. The van der Waals surface area contributed by atoms with E-state index in [1.54, 1.807) is 17.6 Å². The summed E-state index contributed by atoms with van der Waals surface area (Å²) in [6.45, 7) is 5.34. The Bertz CT molecular complexity index is 715. The third-order valence-corrected chi connectivity index (χ3v) is 6.30. The van der Waals surface area contributed by atoms with Gasteiger partial charge in [0, 0.05) is 22.6 Å². The van der Waals surface area contributed by atoms with Crippen LogP contribution in [0.5, 0.6) is 0 Å². The number of thiazole rings is 1. The lowest BCUT2D eigenvalue weighted by Crippen LogP contribution is -2.16. The summed E-state index contributed by atoms with van der Waals surface area (Å²) in [5, 5.41) is 5.27. The average molecular weight is 390 g/mol. The molecule has 114 valence electrons. The number of hydrogen-bond donors (Lipinski definition) is 2. The van der Waals surface area contributed by atoms with Crippen molar-refractivity contribution in [3.05, 3.63) is 39.3 Å². The fourth-order valence-corrected chi connectivity index (χ4v) is 4.68. The predicted octanol–water partition coefficient (Wildman–Crippen LogP) is 3.12. The fraction of sp³-hybridized carbons (Fsp3) is 0.308. The first-order valence-electron chi connectivity index (χ1n) is 6.36. The van der Waals surface area contributed by atoms with Crippen molar-refractivity contribution < 1.29 is 8.42 Å². The van der Waals surface area contributed by atoms with E-state index in [-0.39, 0.29) is 4.90 Å². The van der Waals surface area contributed by atoms with E-state index >= 15 is 0 Å². The minimum absolute atomic E-state index is 0.227. The Morgan fingerprint density at radius 3 is 2.76 bits per heavy atom. The minimum Gasteiger partial charge on any atom is -0.313 e. The van der Waals surface area contributed by atoms with Crippen molar-refractivity contribution in [2.24, 2.45) is 0 Å². The number of rotatable bonds is 6. The van der Waals surface area contributed by atoms with Gasteiger partial charge in [-0.3, -0.25) is 4.72 Å². The highest BCUT2D eigenvalue weighted by atomic mass is 79.9. The molecule has 0 aliphatic carbocycles. The van der Waals surface area contributed by atoms with Gasteiger partial charge < -0.3 is 5.32 Å². The van der Waals surface area contributed by atoms with Crippen molar-refractivity contribution in [3.63, 3.8) is 0 Å². The number of nitrogens with one attached hydrogen (secondary N) is 2. The van der Waals surface area contributed by atoms with E-state index in [0.717, 1.165) is 17.7 Å². The van der Waals surface area contributed by atoms with E-state index in [1.165, 1.54) is 11.3 Å². The van der Waals surface area contributed by atoms with Gasteiger partial charge in [-0.05, 0) is 46.6 Å². The summed E-state index contributed by atoms with van der Waals surface area (Å²) in [5.74, 6) is 0. The SMILES string of the molecule is CCNCc1cc(C)c(Br)c(S(=O)(=O)Nc2nccs2)c1.